The molecule has 1 fully saturated rings. The van der Waals surface area contributed by atoms with E-state index in [1.54, 1.807) is 0 Å². The van der Waals surface area contributed by atoms with Crippen molar-refractivity contribution in [1.82, 2.24) is 4.90 Å². The highest BCUT2D eigenvalue weighted by molar-refractivity contribution is 5.75. The summed E-state index contributed by atoms with van der Waals surface area (Å²) in [7, 11) is 0. The molecule has 1 heterocycles. The summed E-state index contributed by atoms with van der Waals surface area (Å²) in [6.45, 7) is 1.63. The molecule has 0 saturated carbocycles. The maximum atomic E-state index is 11.7. The molecule has 108 valence electrons. The van der Waals surface area contributed by atoms with Crippen LogP contribution in [0.4, 0.5) is 0 Å². The monoisotopic (exact) mass is 281 g/mol. The van der Waals surface area contributed by atoms with Gasteiger partial charge in [0.25, 0.3) is 0 Å². The summed E-state index contributed by atoms with van der Waals surface area (Å²) >= 11 is 0. The smallest absolute Gasteiger partial charge is 0.325 e. The van der Waals surface area contributed by atoms with Crippen LogP contribution in [-0.2, 0) is 4.79 Å². The summed E-state index contributed by atoms with van der Waals surface area (Å²) in [5.74, 6) is -0.341. The zero-order valence-corrected chi connectivity index (χ0v) is 11.9. The Kier molecular flexibility index (Phi) is 4.02. The van der Waals surface area contributed by atoms with Crippen LogP contribution >= 0.6 is 0 Å². The van der Waals surface area contributed by atoms with E-state index < -0.39 is 12.0 Å². The fourth-order valence-electron chi connectivity index (χ4n) is 3.16. The molecule has 1 aliphatic rings. The fraction of sp³-hybridized carbons (Fsp3) is 0.278. The molecule has 1 N–H and O–H groups in total. The molecule has 3 nitrogen and oxygen atoms in total. The number of aliphatic carboxylic acids is 1. The number of carboxylic acids is 1. The number of hydrogen-bond donors (Lipinski definition) is 1. The SMILES string of the molecule is O=C(O)C(c1ccccc1)N1CCC(c2ccccc2)C1. The minimum absolute atomic E-state index is 0.428. The van der Waals surface area contributed by atoms with Crippen LogP contribution < -0.4 is 0 Å². The van der Waals surface area contributed by atoms with Crippen LogP contribution in [0.5, 0.6) is 0 Å². The Balaban J connectivity index is 1.79. The van der Waals surface area contributed by atoms with E-state index in [0.717, 1.165) is 25.1 Å². The molecule has 21 heavy (non-hydrogen) atoms. The summed E-state index contributed by atoms with van der Waals surface area (Å²) in [6, 6.07) is 19.3. The van der Waals surface area contributed by atoms with E-state index in [2.05, 4.69) is 17.0 Å². The normalized spacial score (nSPS) is 20.3. The average Bonchev–Trinajstić information content (AvgIpc) is 2.98. The summed E-state index contributed by atoms with van der Waals surface area (Å²) in [4.78, 5) is 13.8. The minimum Gasteiger partial charge on any atom is -0.480 e. The highest BCUT2D eigenvalue weighted by Crippen LogP contribution is 2.33. The predicted octanol–water partition coefficient (Wildman–Crippen LogP) is 3.30. The maximum absolute atomic E-state index is 11.7. The van der Waals surface area contributed by atoms with Crippen molar-refractivity contribution in [2.45, 2.75) is 18.4 Å². The van der Waals surface area contributed by atoms with E-state index >= 15 is 0 Å². The van der Waals surface area contributed by atoms with E-state index in [1.807, 2.05) is 48.5 Å². The van der Waals surface area contributed by atoms with Gasteiger partial charge >= 0.3 is 5.97 Å². The number of likely N-dealkylation sites (tertiary alicyclic amines) is 1. The van der Waals surface area contributed by atoms with Gasteiger partial charge in [0.15, 0.2) is 0 Å². The number of nitrogens with zero attached hydrogens (tertiary/aromatic N) is 1. The Morgan fingerprint density at radius 2 is 1.67 bits per heavy atom. The molecule has 2 aromatic rings. The van der Waals surface area contributed by atoms with E-state index in [4.69, 9.17) is 0 Å². The molecular formula is C18H19NO2. The molecule has 0 spiro atoms. The summed E-state index contributed by atoms with van der Waals surface area (Å²) in [6.07, 6.45) is 1.01. The van der Waals surface area contributed by atoms with Gasteiger partial charge in [0.05, 0.1) is 0 Å². The number of rotatable bonds is 4. The van der Waals surface area contributed by atoms with Gasteiger partial charge < -0.3 is 5.11 Å². The molecule has 2 aromatic carbocycles. The van der Waals surface area contributed by atoms with Crippen molar-refractivity contribution in [3.8, 4) is 0 Å². The molecule has 0 aliphatic carbocycles. The van der Waals surface area contributed by atoms with Gasteiger partial charge in [0, 0.05) is 6.54 Å². The third kappa shape index (κ3) is 2.98. The topological polar surface area (TPSA) is 40.5 Å². The van der Waals surface area contributed by atoms with E-state index in [9.17, 15) is 9.90 Å². The van der Waals surface area contributed by atoms with Crippen LogP contribution in [0.15, 0.2) is 60.7 Å². The Labute approximate surface area is 124 Å². The maximum Gasteiger partial charge on any atom is 0.325 e. The summed E-state index contributed by atoms with van der Waals surface area (Å²) in [5.41, 5.74) is 2.16. The molecule has 0 aromatic heterocycles. The lowest BCUT2D eigenvalue weighted by Crippen LogP contribution is -2.32. The average molecular weight is 281 g/mol. The number of hydrogen-bond acceptors (Lipinski definition) is 2. The second-order valence-corrected chi connectivity index (χ2v) is 5.54. The Morgan fingerprint density at radius 3 is 2.29 bits per heavy atom. The number of carboxylic acid groups (broad SMARTS) is 1. The first-order valence-corrected chi connectivity index (χ1v) is 7.32. The van der Waals surface area contributed by atoms with E-state index in [-0.39, 0.29) is 0 Å². The molecule has 0 radical (unpaired) electrons. The van der Waals surface area contributed by atoms with Crippen molar-refractivity contribution >= 4 is 5.97 Å². The molecule has 0 bridgehead atoms. The van der Waals surface area contributed by atoms with Crippen molar-refractivity contribution in [3.05, 3.63) is 71.8 Å². The van der Waals surface area contributed by atoms with Crippen molar-refractivity contribution < 1.29 is 9.90 Å². The minimum atomic E-state index is -0.769. The fourth-order valence-corrected chi connectivity index (χ4v) is 3.16. The van der Waals surface area contributed by atoms with Gasteiger partial charge in [-0.15, -0.1) is 0 Å². The van der Waals surface area contributed by atoms with Crippen molar-refractivity contribution in [1.29, 1.82) is 0 Å². The second kappa shape index (κ2) is 6.10. The first-order valence-electron chi connectivity index (χ1n) is 7.32. The van der Waals surface area contributed by atoms with Crippen LogP contribution in [0.2, 0.25) is 0 Å². The van der Waals surface area contributed by atoms with Crippen molar-refractivity contribution in [2.24, 2.45) is 0 Å². The standard InChI is InChI=1S/C18H19NO2/c20-18(21)17(15-9-5-2-6-10-15)19-12-11-16(13-19)14-7-3-1-4-8-14/h1-10,16-17H,11-13H2,(H,20,21). The number of benzene rings is 2. The second-order valence-electron chi connectivity index (χ2n) is 5.54. The Bertz CT molecular complexity index is 597. The van der Waals surface area contributed by atoms with Gasteiger partial charge in [-0.3, -0.25) is 9.69 Å². The quantitative estimate of drug-likeness (QED) is 0.934. The lowest BCUT2D eigenvalue weighted by Gasteiger charge is -2.24. The molecule has 3 heteroatoms. The largest absolute Gasteiger partial charge is 0.480 e. The zero-order chi connectivity index (χ0) is 14.7. The Morgan fingerprint density at radius 1 is 1.05 bits per heavy atom. The molecular weight excluding hydrogens is 262 g/mol. The van der Waals surface area contributed by atoms with Gasteiger partial charge in [-0.2, -0.15) is 0 Å². The van der Waals surface area contributed by atoms with Gasteiger partial charge in [-0.05, 0) is 30.0 Å². The zero-order valence-electron chi connectivity index (χ0n) is 11.9. The van der Waals surface area contributed by atoms with Crippen LogP contribution in [0, 0.1) is 0 Å². The summed E-state index contributed by atoms with van der Waals surface area (Å²) < 4.78 is 0. The highest BCUT2D eigenvalue weighted by Gasteiger charge is 2.33. The van der Waals surface area contributed by atoms with E-state index in [1.165, 1.54) is 5.56 Å². The molecule has 3 rings (SSSR count). The van der Waals surface area contributed by atoms with E-state index in [0.29, 0.717) is 5.92 Å². The first kappa shape index (κ1) is 13.8. The third-order valence-electron chi connectivity index (χ3n) is 4.21. The van der Waals surface area contributed by atoms with Gasteiger partial charge in [-0.1, -0.05) is 60.7 Å². The summed E-state index contributed by atoms with van der Waals surface area (Å²) in [5, 5.41) is 9.60. The van der Waals surface area contributed by atoms with Crippen LogP contribution in [0.25, 0.3) is 0 Å². The Hall–Kier alpha value is -2.13. The lowest BCUT2D eigenvalue weighted by molar-refractivity contribution is -0.143. The van der Waals surface area contributed by atoms with Crippen LogP contribution in [0.3, 0.4) is 0 Å². The molecule has 2 atom stereocenters. The first-order chi connectivity index (χ1) is 10.3. The molecule has 1 saturated heterocycles. The predicted molar refractivity (Wildman–Crippen MR) is 82.2 cm³/mol. The van der Waals surface area contributed by atoms with Crippen molar-refractivity contribution in [2.75, 3.05) is 13.1 Å². The van der Waals surface area contributed by atoms with Crippen molar-refractivity contribution in [3.63, 3.8) is 0 Å². The molecule has 2 unspecified atom stereocenters. The van der Waals surface area contributed by atoms with Crippen LogP contribution in [0.1, 0.15) is 29.5 Å². The van der Waals surface area contributed by atoms with Gasteiger partial charge in [-0.25, -0.2) is 0 Å². The van der Waals surface area contributed by atoms with Gasteiger partial charge in [0.1, 0.15) is 6.04 Å². The highest BCUT2D eigenvalue weighted by atomic mass is 16.4. The van der Waals surface area contributed by atoms with Gasteiger partial charge in [0.2, 0.25) is 0 Å². The number of carbonyl (C=O) groups is 1. The molecule has 0 amide bonds. The molecule has 1 aliphatic heterocycles. The lowest BCUT2D eigenvalue weighted by atomic mass is 9.98. The van der Waals surface area contributed by atoms with Crippen LogP contribution in [-0.4, -0.2) is 29.1 Å². The third-order valence-corrected chi connectivity index (χ3v) is 4.21.